The van der Waals surface area contributed by atoms with E-state index in [9.17, 15) is 19.2 Å². The summed E-state index contributed by atoms with van der Waals surface area (Å²) in [6.45, 7) is 6.54. The molecule has 0 spiro atoms. The van der Waals surface area contributed by atoms with Gasteiger partial charge >= 0.3 is 0 Å². The molecule has 0 aliphatic carbocycles. The largest absolute Gasteiger partial charge is 0.374 e. The topological polar surface area (TPSA) is 152 Å². The molecule has 0 bridgehead atoms. The van der Waals surface area contributed by atoms with E-state index < -0.39 is 29.4 Å². The first-order valence-electron chi connectivity index (χ1n) is 14.2. The van der Waals surface area contributed by atoms with Gasteiger partial charge < -0.3 is 35.5 Å². The average molecular weight is 590 g/mol. The summed E-state index contributed by atoms with van der Waals surface area (Å²) in [7, 11) is 0. The number of nitrogens with two attached hydrogens (primary N) is 1. The molecule has 2 atom stereocenters. The van der Waals surface area contributed by atoms with Gasteiger partial charge in [0.1, 0.15) is 12.1 Å². The lowest BCUT2D eigenvalue weighted by molar-refractivity contribution is -0.139. The summed E-state index contributed by atoms with van der Waals surface area (Å²) in [6, 6.07) is 17.0. The van der Waals surface area contributed by atoms with Crippen LogP contribution in [-0.2, 0) is 30.5 Å². The number of hydrogen-bond donors (Lipinski definition) is 3. The number of nitrogens with zero attached hydrogens (tertiary/aromatic N) is 4. The lowest BCUT2D eigenvalue weighted by Gasteiger charge is -2.36. The summed E-state index contributed by atoms with van der Waals surface area (Å²) in [4.78, 5) is 59.3. The maximum absolute atomic E-state index is 13.8. The van der Waals surface area contributed by atoms with Gasteiger partial charge in [-0.15, -0.1) is 0 Å². The van der Waals surface area contributed by atoms with Crippen LogP contribution in [0.3, 0.4) is 0 Å². The van der Waals surface area contributed by atoms with Gasteiger partial charge in [-0.2, -0.15) is 0 Å². The lowest BCUT2D eigenvalue weighted by Crippen LogP contribution is -2.56. The Morgan fingerprint density at radius 1 is 0.953 bits per heavy atom. The van der Waals surface area contributed by atoms with Crippen LogP contribution in [0.4, 0.5) is 5.82 Å². The number of amides is 4. The Kier molecular flexibility index (Phi) is 10.3. The molecule has 2 heterocycles. The first-order valence-corrected chi connectivity index (χ1v) is 14.2. The Morgan fingerprint density at radius 3 is 2.16 bits per heavy atom. The quantitative estimate of drug-likeness (QED) is 0.307. The van der Waals surface area contributed by atoms with E-state index in [-0.39, 0.29) is 30.8 Å². The van der Waals surface area contributed by atoms with Crippen LogP contribution in [0.5, 0.6) is 0 Å². The van der Waals surface area contributed by atoms with Crippen LogP contribution < -0.4 is 16.4 Å². The number of benzene rings is 2. The average Bonchev–Trinajstić information content (AvgIpc) is 3.44. The van der Waals surface area contributed by atoms with Crippen molar-refractivity contribution in [2.24, 2.45) is 5.73 Å². The highest BCUT2D eigenvalue weighted by Gasteiger charge is 2.32. The Balaban J connectivity index is 1.49. The van der Waals surface area contributed by atoms with Crippen molar-refractivity contribution in [3.63, 3.8) is 0 Å². The maximum Gasteiger partial charge on any atom is 0.250 e. The Bertz CT molecular complexity index is 1400. The summed E-state index contributed by atoms with van der Waals surface area (Å²) >= 11 is 0. The number of carbonyl (C=O) groups excluding carboxylic acids is 4. The number of hydrogen-bond acceptors (Lipinski definition) is 7. The number of carbonyl (C=O) groups is 4. The molecular formula is C31H39N7O5. The third-order valence-electron chi connectivity index (χ3n) is 7.14. The zero-order valence-corrected chi connectivity index (χ0v) is 24.7. The molecule has 12 heteroatoms. The van der Waals surface area contributed by atoms with Crippen molar-refractivity contribution in [3.05, 3.63) is 84.3 Å². The number of piperazine rings is 1. The predicted molar refractivity (Wildman–Crippen MR) is 161 cm³/mol. The predicted octanol–water partition coefficient (Wildman–Crippen LogP) is 1.54. The second kappa shape index (κ2) is 14.1. The minimum Gasteiger partial charge on any atom is -0.374 e. The van der Waals surface area contributed by atoms with Crippen LogP contribution in [0.2, 0.25) is 0 Å². The molecule has 2 aromatic carbocycles. The maximum atomic E-state index is 13.8. The SMILES string of the molecule is CC(=O)N1CCN(C(=O)C(c2ccccc2)n2cnc(NC(=O)[C@@H](COCc3ccccc3)NC(=O)C(C)(C)N)c2)CC1. The van der Waals surface area contributed by atoms with Gasteiger partial charge in [-0.3, -0.25) is 19.2 Å². The summed E-state index contributed by atoms with van der Waals surface area (Å²) in [5, 5.41) is 5.40. The fourth-order valence-corrected chi connectivity index (χ4v) is 4.64. The van der Waals surface area contributed by atoms with Gasteiger partial charge in [-0.05, 0) is 25.0 Å². The highest BCUT2D eigenvalue weighted by Crippen LogP contribution is 2.23. The molecule has 4 N–H and O–H groups in total. The van der Waals surface area contributed by atoms with Crippen LogP contribution in [0.25, 0.3) is 0 Å². The van der Waals surface area contributed by atoms with Crippen molar-refractivity contribution >= 4 is 29.4 Å². The van der Waals surface area contributed by atoms with Gasteiger partial charge in [0.05, 0.1) is 25.1 Å². The Morgan fingerprint density at radius 2 is 1.56 bits per heavy atom. The van der Waals surface area contributed by atoms with E-state index in [1.54, 1.807) is 34.4 Å². The first kappa shape index (κ1) is 31.4. The normalized spacial score (nSPS) is 15.0. The van der Waals surface area contributed by atoms with Crippen molar-refractivity contribution in [1.29, 1.82) is 0 Å². The van der Waals surface area contributed by atoms with E-state index >= 15 is 0 Å². The van der Waals surface area contributed by atoms with E-state index in [1.807, 2.05) is 60.7 Å². The van der Waals surface area contributed by atoms with Crippen molar-refractivity contribution in [1.82, 2.24) is 24.7 Å². The van der Waals surface area contributed by atoms with Crippen LogP contribution in [0, 0.1) is 0 Å². The molecule has 4 amide bonds. The number of imidazole rings is 1. The standard InChI is InChI=1S/C31H39N7O5/c1-22(39)36-14-16-37(17-15-36)29(41)27(24-12-8-5-9-13-24)38-18-26(33-21-38)35-28(40)25(34-30(42)31(2,3)32)20-43-19-23-10-6-4-7-11-23/h4-13,18,21,25,27H,14-17,19-20,32H2,1-3H3,(H,34,42)(H,35,40)/t25-,27?/m1/s1. The van der Waals surface area contributed by atoms with Crippen molar-refractivity contribution in [2.45, 2.75) is 45.0 Å². The van der Waals surface area contributed by atoms with E-state index in [2.05, 4.69) is 15.6 Å². The Hall–Kier alpha value is -4.55. The van der Waals surface area contributed by atoms with Gasteiger partial charge in [0.2, 0.25) is 17.7 Å². The van der Waals surface area contributed by atoms with Gasteiger partial charge in [-0.1, -0.05) is 60.7 Å². The second-order valence-corrected chi connectivity index (χ2v) is 11.1. The van der Waals surface area contributed by atoms with E-state index in [1.165, 1.54) is 13.3 Å². The zero-order chi connectivity index (χ0) is 31.0. The highest BCUT2D eigenvalue weighted by molar-refractivity contribution is 5.98. The van der Waals surface area contributed by atoms with E-state index in [0.29, 0.717) is 26.2 Å². The summed E-state index contributed by atoms with van der Waals surface area (Å²) < 4.78 is 7.41. The van der Waals surface area contributed by atoms with Crippen LogP contribution in [-0.4, -0.2) is 87.3 Å². The second-order valence-electron chi connectivity index (χ2n) is 11.1. The van der Waals surface area contributed by atoms with Crippen LogP contribution in [0.15, 0.2) is 73.2 Å². The summed E-state index contributed by atoms with van der Waals surface area (Å²) in [5.74, 6) is -1.01. The highest BCUT2D eigenvalue weighted by atomic mass is 16.5. The number of anilines is 1. The first-order chi connectivity index (χ1) is 20.5. The molecule has 228 valence electrons. The minimum atomic E-state index is -1.21. The molecule has 1 saturated heterocycles. The molecule has 1 aliphatic rings. The van der Waals surface area contributed by atoms with Crippen LogP contribution in [0.1, 0.15) is 37.9 Å². The molecule has 3 aromatic rings. The fraction of sp³-hybridized carbons (Fsp3) is 0.387. The monoisotopic (exact) mass is 589 g/mol. The molecule has 43 heavy (non-hydrogen) atoms. The smallest absolute Gasteiger partial charge is 0.250 e. The summed E-state index contributed by atoms with van der Waals surface area (Å²) in [6.07, 6.45) is 3.06. The molecule has 1 unspecified atom stereocenters. The molecule has 1 fully saturated rings. The van der Waals surface area contributed by atoms with Gasteiger partial charge in [-0.25, -0.2) is 4.98 Å². The van der Waals surface area contributed by atoms with Crippen molar-refractivity contribution < 1.29 is 23.9 Å². The lowest BCUT2D eigenvalue weighted by atomic mass is 10.0. The zero-order valence-electron chi connectivity index (χ0n) is 24.7. The molecule has 12 nitrogen and oxygen atoms in total. The number of ether oxygens (including phenoxy) is 1. The van der Waals surface area contributed by atoms with Crippen molar-refractivity contribution in [3.8, 4) is 0 Å². The molecule has 1 aliphatic heterocycles. The van der Waals surface area contributed by atoms with Crippen molar-refractivity contribution in [2.75, 3.05) is 38.1 Å². The Labute approximate surface area is 251 Å². The van der Waals surface area contributed by atoms with Gasteiger partial charge in [0.25, 0.3) is 5.91 Å². The van der Waals surface area contributed by atoms with Gasteiger partial charge in [0, 0.05) is 39.3 Å². The summed E-state index contributed by atoms with van der Waals surface area (Å²) in [5.41, 5.74) is 6.41. The third-order valence-corrected chi connectivity index (χ3v) is 7.14. The van der Waals surface area contributed by atoms with Crippen LogP contribution >= 0.6 is 0 Å². The number of rotatable bonds is 11. The molecular weight excluding hydrogens is 550 g/mol. The van der Waals surface area contributed by atoms with E-state index in [0.717, 1.165) is 11.1 Å². The molecule has 1 aromatic heterocycles. The fourth-order valence-electron chi connectivity index (χ4n) is 4.64. The molecule has 0 radical (unpaired) electrons. The minimum absolute atomic E-state index is 0.0170. The number of nitrogens with one attached hydrogen (secondary N) is 2. The molecule has 0 saturated carbocycles. The molecule has 4 rings (SSSR count). The number of aromatic nitrogens is 2. The van der Waals surface area contributed by atoms with Gasteiger partial charge in [0.15, 0.2) is 5.82 Å². The third kappa shape index (κ3) is 8.49. The van der Waals surface area contributed by atoms with E-state index in [4.69, 9.17) is 10.5 Å².